The molecule has 2 fully saturated rings. The first-order valence-corrected chi connectivity index (χ1v) is 15.2. The van der Waals surface area contributed by atoms with Gasteiger partial charge in [0.25, 0.3) is 5.91 Å². The van der Waals surface area contributed by atoms with Gasteiger partial charge in [-0.3, -0.25) is 14.4 Å². The Bertz CT molecular complexity index is 1610. The van der Waals surface area contributed by atoms with Crippen molar-refractivity contribution in [1.82, 2.24) is 15.1 Å². The second kappa shape index (κ2) is 13.0. The van der Waals surface area contributed by atoms with Crippen molar-refractivity contribution in [3.63, 3.8) is 0 Å². The number of carbonyl (C=O) groups is 3. The minimum atomic E-state index is -0.938. The van der Waals surface area contributed by atoms with Gasteiger partial charge in [0.05, 0.1) is 19.1 Å². The van der Waals surface area contributed by atoms with Crippen LogP contribution in [-0.2, 0) is 4.79 Å². The Morgan fingerprint density at radius 2 is 1.32 bits per heavy atom. The summed E-state index contributed by atoms with van der Waals surface area (Å²) in [5.74, 6) is -1.35. The Balaban J connectivity index is 1.61. The van der Waals surface area contributed by atoms with E-state index >= 15 is 0 Å². The summed E-state index contributed by atoms with van der Waals surface area (Å²) in [7, 11) is 1.59. The zero-order chi connectivity index (χ0) is 30.6. The number of Topliss-reactive ketones (excluding diaryl/α,β-unsaturated/α-hetero) is 1. The highest BCUT2D eigenvalue weighted by Crippen LogP contribution is 2.52. The lowest BCUT2D eigenvalue weighted by Gasteiger charge is -2.36. The summed E-state index contributed by atoms with van der Waals surface area (Å²) in [6.07, 6.45) is 0. The van der Waals surface area contributed by atoms with Crippen molar-refractivity contribution in [1.29, 1.82) is 0 Å². The standard InChI is InChI=1S/C36H34ClN3O4/c1-44-29-18-14-25(15-19-29)32-31(34(41)26-8-4-2-5-9-26)30(24-12-16-28(37)17-13-24)33(36(43)39-22-20-38-21-23-39)40(32)35(42)27-10-6-3-7-11-27/h2-19,30-33,38H,20-23H2,1H3. The highest BCUT2D eigenvalue weighted by atomic mass is 35.5. The number of halogens is 1. The van der Waals surface area contributed by atoms with E-state index in [4.69, 9.17) is 16.3 Å². The number of carbonyl (C=O) groups excluding carboxylic acids is 3. The summed E-state index contributed by atoms with van der Waals surface area (Å²) in [4.78, 5) is 47.6. The Morgan fingerprint density at radius 3 is 1.91 bits per heavy atom. The number of rotatable bonds is 7. The molecule has 1 N–H and O–H groups in total. The van der Waals surface area contributed by atoms with Crippen LogP contribution >= 0.6 is 11.6 Å². The maximum Gasteiger partial charge on any atom is 0.255 e. The van der Waals surface area contributed by atoms with Gasteiger partial charge in [0, 0.05) is 48.2 Å². The molecule has 4 aromatic rings. The lowest BCUT2D eigenvalue weighted by atomic mass is 9.76. The zero-order valence-corrected chi connectivity index (χ0v) is 25.2. The quantitative estimate of drug-likeness (QED) is 0.276. The SMILES string of the molecule is COc1ccc(C2C(C(=O)c3ccccc3)C(c3ccc(Cl)cc3)C(C(=O)N3CCNCC3)N2C(=O)c2ccccc2)cc1. The third-order valence-corrected chi connectivity index (χ3v) is 8.93. The van der Waals surface area contributed by atoms with Gasteiger partial charge in [0.15, 0.2) is 5.78 Å². The van der Waals surface area contributed by atoms with Crippen molar-refractivity contribution >= 4 is 29.2 Å². The second-order valence-corrected chi connectivity index (χ2v) is 11.6. The molecule has 0 aliphatic carbocycles. The van der Waals surface area contributed by atoms with Crippen molar-refractivity contribution in [3.05, 3.63) is 136 Å². The number of methoxy groups -OCH3 is 1. The molecule has 2 aliphatic rings. The Kier molecular flexibility index (Phi) is 8.77. The topological polar surface area (TPSA) is 79.0 Å². The molecule has 0 aromatic heterocycles. The average Bonchev–Trinajstić information content (AvgIpc) is 3.44. The molecule has 224 valence electrons. The highest BCUT2D eigenvalue weighted by molar-refractivity contribution is 6.30. The third kappa shape index (κ3) is 5.73. The van der Waals surface area contributed by atoms with Crippen LogP contribution in [0.1, 0.15) is 43.8 Å². The van der Waals surface area contributed by atoms with E-state index in [1.54, 1.807) is 48.4 Å². The molecule has 7 nitrogen and oxygen atoms in total. The molecule has 2 heterocycles. The van der Waals surface area contributed by atoms with Gasteiger partial charge in [-0.05, 0) is 47.5 Å². The van der Waals surface area contributed by atoms with Gasteiger partial charge in [-0.2, -0.15) is 0 Å². The lowest BCUT2D eigenvalue weighted by Crippen LogP contribution is -2.54. The third-order valence-electron chi connectivity index (χ3n) is 8.68. The van der Waals surface area contributed by atoms with E-state index in [9.17, 15) is 14.4 Å². The average molecular weight is 608 g/mol. The monoisotopic (exact) mass is 607 g/mol. The minimum Gasteiger partial charge on any atom is -0.497 e. The predicted octanol–water partition coefficient (Wildman–Crippen LogP) is 5.63. The fourth-order valence-corrected chi connectivity index (χ4v) is 6.71. The molecule has 4 atom stereocenters. The van der Waals surface area contributed by atoms with Gasteiger partial charge in [-0.25, -0.2) is 0 Å². The van der Waals surface area contributed by atoms with Crippen LogP contribution in [0.5, 0.6) is 5.75 Å². The Morgan fingerprint density at radius 1 is 0.750 bits per heavy atom. The van der Waals surface area contributed by atoms with Crippen molar-refractivity contribution in [2.45, 2.75) is 18.0 Å². The number of hydrogen-bond donors (Lipinski definition) is 1. The number of amides is 2. The molecule has 2 saturated heterocycles. The Labute approximate surface area is 262 Å². The van der Waals surface area contributed by atoms with E-state index in [0.29, 0.717) is 48.1 Å². The molecule has 4 aromatic carbocycles. The maximum absolute atomic E-state index is 14.7. The summed E-state index contributed by atoms with van der Waals surface area (Å²) >= 11 is 6.32. The number of likely N-dealkylation sites (tertiary alicyclic amines) is 1. The van der Waals surface area contributed by atoms with Gasteiger partial charge < -0.3 is 19.9 Å². The van der Waals surface area contributed by atoms with Gasteiger partial charge in [0.2, 0.25) is 5.91 Å². The van der Waals surface area contributed by atoms with Crippen LogP contribution in [-0.4, -0.2) is 66.7 Å². The van der Waals surface area contributed by atoms with Gasteiger partial charge in [-0.1, -0.05) is 84.4 Å². The first-order chi connectivity index (χ1) is 21.5. The van der Waals surface area contributed by atoms with Gasteiger partial charge >= 0.3 is 0 Å². The second-order valence-electron chi connectivity index (χ2n) is 11.1. The van der Waals surface area contributed by atoms with E-state index < -0.39 is 23.9 Å². The molecule has 0 saturated carbocycles. The summed E-state index contributed by atoms with van der Waals surface area (Å²) in [6, 6.07) is 31.1. The Hall–Kier alpha value is -4.46. The number of ketones is 1. The van der Waals surface area contributed by atoms with Crippen LogP contribution in [0.25, 0.3) is 0 Å². The lowest BCUT2D eigenvalue weighted by molar-refractivity contribution is -0.136. The molecule has 8 heteroatoms. The molecule has 2 aliphatic heterocycles. The van der Waals surface area contributed by atoms with E-state index in [2.05, 4.69) is 5.32 Å². The van der Waals surface area contributed by atoms with Crippen LogP contribution in [0.15, 0.2) is 109 Å². The van der Waals surface area contributed by atoms with Crippen molar-refractivity contribution in [3.8, 4) is 5.75 Å². The molecule has 0 bridgehead atoms. The molecular formula is C36H34ClN3O4. The normalized spacial score (nSPS) is 21.6. The first kappa shape index (κ1) is 29.6. The van der Waals surface area contributed by atoms with Gasteiger partial charge in [0.1, 0.15) is 11.8 Å². The summed E-state index contributed by atoms with van der Waals surface area (Å²) in [6.45, 7) is 2.34. The molecule has 2 amide bonds. The van der Waals surface area contributed by atoms with Crippen LogP contribution < -0.4 is 10.1 Å². The molecule has 0 radical (unpaired) electrons. The fourth-order valence-electron chi connectivity index (χ4n) is 6.58. The first-order valence-electron chi connectivity index (χ1n) is 14.8. The summed E-state index contributed by atoms with van der Waals surface area (Å²) < 4.78 is 5.43. The van der Waals surface area contributed by atoms with Crippen molar-refractivity contribution in [2.24, 2.45) is 5.92 Å². The van der Waals surface area contributed by atoms with Crippen LogP contribution in [0.3, 0.4) is 0 Å². The number of ether oxygens (including phenoxy) is 1. The zero-order valence-electron chi connectivity index (χ0n) is 24.4. The number of piperazine rings is 1. The van der Waals surface area contributed by atoms with Crippen molar-refractivity contribution in [2.75, 3.05) is 33.3 Å². The smallest absolute Gasteiger partial charge is 0.255 e. The fraction of sp³-hybridized carbons (Fsp3) is 0.250. The van der Waals surface area contributed by atoms with E-state index in [1.807, 2.05) is 77.7 Å². The molecular weight excluding hydrogens is 574 g/mol. The van der Waals surface area contributed by atoms with Crippen molar-refractivity contribution < 1.29 is 19.1 Å². The number of hydrogen-bond acceptors (Lipinski definition) is 5. The van der Waals surface area contributed by atoms with Crippen LogP contribution in [0.2, 0.25) is 5.02 Å². The number of nitrogens with zero attached hydrogens (tertiary/aromatic N) is 2. The summed E-state index contributed by atoms with van der Waals surface area (Å²) in [5, 5.41) is 3.86. The molecule has 6 rings (SSSR count). The summed E-state index contributed by atoms with van der Waals surface area (Å²) in [5.41, 5.74) is 2.50. The minimum absolute atomic E-state index is 0.132. The maximum atomic E-state index is 14.7. The van der Waals surface area contributed by atoms with E-state index in [1.165, 1.54) is 0 Å². The molecule has 44 heavy (non-hydrogen) atoms. The van der Waals surface area contributed by atoms with Crippen LogP contribution in [0, 0.1) is 5.92 Å². The molecule has 4 unspecified atom stereocenters. The number of nitrogens with one attached hydrogen (secondary N) is 1. The highest BCUT2D eigenvalue weighted by Gasteiger charge is 2.58. The van der Waals surface area contributed by atoms with E-state index in [-0.39, 0.29) is 17.6 Å². The van der Waals surface area contributed by atoms with E-state index in [0.717, 1.165) is 11.1 Å². The predicted molar refractivity (Wildman–Crippen MR) is 170 cm³/mol. The van der Waals surface area contributed by atoms with Crippen LogP contribution in [0.4, 0.5) is 0 Å². The van der Waals surface area contributed by atoms with Gasteiger partial charge in [-0.15, -0.1) is 0 Å². The molecule has 0 spiro atoms. The largest absolute Gasteiger partial charge is 0.497 e. The number of benzene rings is 4.